The molecule has 3 unspecified atom stereocenters. The Balaban J connectivity index is 0.000000214. The van der Waals surface area contributed by atoms with Gasteiger partial charge in [0, 0.05) is 75.0 Å². The van der Waals surface area contributed by atoms with Crippen molar-refractivity contribution in [1.29, 1.82) is 0 Å². The highest BCUT2D eigenvalue weighted by Gasteiger charge is 2.13. The van der Waals surface area contributed by atoms with Crippen molar-refractivity contribution in [2.24, 2.45) is 17.8 Å². The van der Waals surface area contributed by atoms with Gasteiger partial charge in [0.05, 0.1) is 0 Å². The van der Waals surface area contributed by atoms with Crippen molar-refractivity contribution in [3.63, 3.8) is 0 Å². The third-order valence-electron chi connectivity index (χ3n) is 16.4. The lowest BCUT2D eigenvalue weighted by Crippen LogP contribution is -2.15. The van der Waals surface area contributed by atoms with Crippen LogP contribution in [0.5, 0.6) is 0 Å². The van der Waals surface area contributed by atoms with Gasteiger partial charge in [-0.25, -0.2) is 0 Å². The zero-order valence-electron chi connectivity index (χ0n) is 57.8. The van der Waals surface area contributed by atoms with Crippen molar-refractivity contribution in [1.82, 2.24) is 15.0 Å². The molecule has 0 aliphatic rings. The predicted octanol–water partition coefficient (Wildman–Crippen LogP) is 22.8. The van der Waals surface area contributed by atoms with Crippen LogP contribution in [0.15, 0.2) is 224 Å². The molecule has 0 fully saturated rings. The number of hydrogen-bond acceptors (Lipinski definition) is 11. The summed E-state index contributed by atoms with van der Waals surface area (Å²) in [4.78, 5) is 14.2. The predicted molar refractivity (Wildman–Crippen MR) is 406 cm³/mol. The van der Waals surface area contributed by atoms with E-state index in [-0.39, 0.29) is 0 Å². The minimum atomic E-state index is 0.410. The standard InChI is InChI=1S/C42H63N9.C21H21N.C20H19N/c1-28(2)10-13-31(7)43-34-16-22-37(23-17-34)46-40-49-41(47-38-24-18-35(19-25-38)44-32(8)14-11-29(3)4)51-42(50-40)48-39-26-20-36(21-27-39)45-33(9)15-12-30(5)6;1-16-7-6-8-17(2)21(16)22-20-13-11-19(12-14-20)15-18-9-4-3-5-10-18;1-16-7-5-6-10-20(16)21-19-13-11-18(12-14-19)15-17-8-3-2-4-9-17/h16-33,43-45H,10-15H2,1-9H3,(H3,46,47,48,49,50,51);3-14,22H,15H2,1-2H3;2-14,21H,15H2,1H3. The van der Waals surface area contributed by atoms with Crippen LogP contribution in [0, 0.1) is 38.5 Å². The fourth-order valence-corrected chi connectivity index (χ4v) is 10.8. The molecule has 1 heterocycles. The van der Waals surface area contributed by atoms with Gasteiger partial charge in [-0.3, -0.25) is 0 Å². The Kier molecular flexibility index (Phi) is 27.3. The van der Waals surface area contributed by atoms with Gasteiger partial charge >= 0.3 is 0 Å². The monoisotopic (exact) mass is 1250 g/mol. The lowest BCUT2D eigenvalue weighted by Gasteiger charge is -2.17. The molecule has 3 atom stereocenters. The van der Waals surface area contributed by atoms with Crippen molar-refractivity contribution >= 4 is 74.7 Å². The van der Waals surface area contributed by atoms with Gasteiger partial charge in [-0.05, 0) is 253 Å². The number of anilines is 13. The van der Waals surface area contributed by atoms with Gasteiger partial charge in [-0.2, -0.15) is 15.0 Å². The van der Waals surface area contributed by atoms with Crippen LogP contribution in [0.4, 0.5) is 74.7 Å². The van der Waals surface area contributed by atoms with Crippen LogP contribution in [0.1, 0.15) is 140 Å². The SMILES string of the molecule is CC(C)CCC(C)Nc1ccc(Nc2nc(Nc3ccc(NC(C)CCC(C)C)cc3)nc(Nc3ccc(NC(C)CCC(C)C)cc3)n2)cc1.Cc1cccc(C)c1Nc1ccc(Cc2ccccc2)cc1.Cc1ccccc1Nc1ccc(Cc2ccccc2)cc1. The molecule has 0 spiro atoms. The number of aryl methyl sites for hydroxylation is 3. The molecule has 0 radical (unpaired) electrons. The molecule has 490 valence electrons. The van der Waals surface area contributed by atoms with Crippen molar-refractivity contribution < 1.29 is 0 Å². The Morgan fingerprint density at radius 3 is 0.872 bits per heavy atom. The molecule has 0 saturated heterocycles. The smallest absolute Gasteiger partial charge is 0.233 e. The molecule has 0 amide bonds. The molecular weight excluding hydrogens is 1150 g/mol. The van der Waals surface area contributed by atoms with E-state index in [0.717, 1.165) is 83.3 Å². The molecule has 94 heavy (non-hydrogen) atoms. The molecule has 0 aliphatic heterocycles. The number of aromatic nitrogens is 3. The van der Waals surface area contributed by atoms with E-state index < -0.39 is 0 Å². The second-order valence-corrected chi connectivity index (χ2v) is 26.5. The maximum absolute atomic E-state index is 4.74. The summed E-state index contributed by atoms with van der Waals surface area (Å²) >= 11 is 0. The second-order valence-electron chi connectivity index (χ2n) is 26.5. The number of benzene rings is 9. The maximum atomic E-state index is 4.74. The molecule has 10 aromatic rings. The molecular formula is C83H103N11. The Hall–Kier alpha value is -9.61. The number of rotatable bonds is 29. The fraction of sp³-hybridized carbons (Fsp3) is 0.313. The molecule has 11 nitrogen and oxygen atoms in total. The first-order valence-corrected chi connectivity index (χ1v) is 34.0. The summed E-state index contributed by atoms with van der Waals surface area (Å²) in [5.41, 5.74) is 19.7. The Labute approximate surface area is 563 Å². The molecule has 9 aromatic carbocycles. The summed E-state index contributed by atoms with van der Waals surface area (Å²) in [5, 5.41) is 28.0. The van der Waals surface area contributed by atoms with Crippen molar-refractivity contribution in [2.45, 2.75) is 153 Å². The molecule has 0 aliphatic carbocycles. The summed E-state index contributed by atoms with van der Waals surface area (Å²) in [6.07, 6.45) is 8.99. The minimum Gasteiger partial charge on any atom is -0.383 e. The van der Waals surface area contributed by atoms with Gasteiger partial charge < -0.3 is 42.5 Å². The fourth-order valence-electron chi connectivity index (χ4n) is 10.8. The van der Waals surface area contributed by atoms with Crippen LogP contribution in [0.3, 0.4) is 0 Å². The van der Waals surface area contributed by atoms with E-state index in [0.29, 0.717) is 53.7 Å². The van der Waals surface area contributed by atoms with Crippen LogP contribution >= 0.6 is 0 Å². The quantitative estimate of drug-likeness (QED) is 0.0228. The highest BCUT2D eigenvalue weighted by atomic mass is 15.3. The molecule has 0 saturated carbocycles. The zero-order chi connectivity index (χ0) is 66.6. The molecule has 10 rings (SSSR count). The minimum absolute atomic E-state index is 0.410. The number of para-hydroxylation sites is 2. The molecule has 8 N–H and O–H groups in total. The van der Waals surface area contributed by atoms with E-state index in [9.17, 15) is 0 Å². The highest BCUT2D eigenvalue weighted by molar-refractivity contribution is 5.68. The van der Waals surface area contributed by atoms with E-state index in [1.807, 2.05) is 36.4 Å². The summed E-state index contributed by atoms with van der Waals surface area (Å²) in [7, 11) is 0. The normalized spacial score (nSPS) is 11.9. The average Bonchev–Trinajstić information content (AvgIpc) is 0.945. The highest BCUT2D eigenvalue weighted by Crippen LogP contribution is 2.28. The van der Waals surface area contributed by atoms with Crippen LogP contribution in [0.25, 0.3) is 0 Å². The van der Waals surface area contributed by atoms with Crippen molar-refractivity contribution in [3.8, 4) is 0 Å². The van der Waals surface area contributed by atoms with E-state index >= 15 is 0 Å². The summed E-state index contributed by atoms with van der Waals surface area (Å²) < 4.78 is 0. The van der Waals surface area contributed by atoms with Crippen LogP contribution < -0.4 is 42.5 Å². The third-order valence-corrected chi connectivity index (χ3v) is 16.4. The zero-order valence-corrected chi connectivity index (χ0v) is 57.8. The first kappa shape index (κ1) is 70.3. The van der Waals surface area contributed by atoms with Gasteiger partial charge in [0.25, 0.3) is 0 Å². The van der Waals surface area contributed by atoms with Gasteiger partial charge in [-0.15, -0.1) is 0 Å². The van der Waals surface area contributed by atoms with Crippen molar-refractivity contribution in [2.75, 3.05) is 42.5 Å². The second kappa shape index (κ2) is 36.6. The summed E-state index contributed by atoms with van der Waals surface area (Å²) in [5.74, 6) is 3.43. The molecule has 0 bridgehead atoms. The van der Waals surface area contributed by atoms with Crippen LogP contribution in [0.2, 0.25) is 0 Å². The lowest BCUT2D eigenvalue weighted by atomic mass is 10.0. The van der Waals surface area contributed by atoms with E-state index in [4.69, 9.17) is 15.0 Å². The van der Waals surface area contributed by atoms with E-state index in [1.165, 1.54) is 63.9 Å². The van der Waals surface area contributed by atoms with Gasteiger partial charge in [-0.1, -0.05) is 163 Å². The average molecular weight is 1250 g/mol. The Morgan fingerprint density at radius 1 is 0.255 bits per heavy atom. The largest absolute Gasteiger partial charge is 0.383 e. The van der Waals surface area contributed by atoms with Gasteiger partial charge in [0.2, 0.25) is 17.8 Å². The van der Waals surface area contributed by atoms with Crippen LogP contribution in [-0.4, -0.2) is 33.1 Å². The number of hydrogen-bond donors (Lipinski definition) is 8. The van der Waals surface area contributed by atoms with E-state index in [2.05, 4.69) is 314 Å². The van der Waals surface area contributed by atoms with Crippen molar-refractivity contribution in [3.05, 3.63) is 263 Å². The third kappa shape index (κ3) is 24.8. The first-order valence-electron chi connectivity index (χ1n) is 34.0. The van der Waals surface area contributed by atoms with E-state index in [1.54, 1.807) is 0 Å². The Bertz CT molecular complexity index is 3560. The van der Waals surface area contributed by atoms with Gasteiger partial charge in [0.1, 0.15) is 0 Å². The number of nitrogens with zero attached hydrogens (tertiary/aromatic N) is 3. The molecule has 11 heteroatoms. The van der Waals surface area contributed by atoms with Crippen LogP contribution in [-0.2, 0) is 12.8 Å². The summed E-state index contributed by atoms with van der Waals surface area (Å²) in [6.45, 7) is 26.7. The molecule has 1 aromatic heterocycles. The topological polar surface area (TPSA) is 135 Å². The maximum Gasteiger partial charge on any atom is 0.233 e. The first-order chi connectivity index (χ1) is 45.4. The number of nitrogens with one attached hydrogen (secondary N) is 8. The Morgan fingerprint density at radius 2 is 0.532 bits per heavy atom. The lowest BCUT2D eigenvalue weighted by molar-refractivity contribution is 0.528. The summed E-state index contributed by atoms with van der Waals surface area (Å²) in [6, 6.07) is 79.3. The van der Waals surface area contributed by atoms with Gasteiger partial charge in [0.15, 0.2) is 0 Å².